The zero-order valence-electron chi connectivity index (χ0n) is 14.5. The predicted octanol–water partition coefficient (Wildman–Crippen LogP) is 3.82. The van der Waals surface area contributed by atoms with Crippen LogP contribution in [0.25, 0.3) is 0 Å². The average Bonchev–Trinajstić information content (AvgIpc) is 3.32. The fraction of sp³-hybridized carbons (Fsp3) is 0.500. The zero-order valence-corrected chi connectivity index (χ0v) is 14.5. The number of hydrogen-bond donors (Lipinski definition) is 0. The van der Waals surface area contributed by atoms with Crippen LogP contribution in [0, 0.1) is 5.92 Å². The Bertz CT molecular complexity index is 647. The Labute approximate surface area is 148 Å². The Morgan fingerprint density at radius 2 is 2.16 bits per heavy atom. The van der Waals surface area contributed by atoms with Crippen molar-refractivity contribution in [3.05, 3.63) is 53.4 Å². The van der Waals surface area contributed by atoms with Crippen molar-refractivity contribution in [2.24, 2.45) is 5.92 Å². The molecule has 0 N–H and O–H groups in total. The van der Waals surface area contributed by atoms with Gasteiger partial charge in [0.1, 0.15) is 12.3 Å². The van der Waals surface area contributed by atoms with Crippen LogP contribution in [-0.4, -0.2) is 30.8 Å². The monoisotopic (exact) mass is 343 g/mol. The SMILES string of the molecule is O=C(CCC1CCOC1)c1cc(COCCCc2ccccc2)on1. The number of ether oxygens (including phenoxy) is 2. The van der Waals surface area contributed by atoms with Gasteiger partial charge in [0.2, 0.25) is 0 Å². The number of hydrogen-bond acceptors (Lipinski definition) is 5. The van der Waals surface area contributed by atoms with Crippen molar-refractivity contribution in [2.45, 2.75) is 38.7 Å². The molecule has 5 heteroatoms. The standard InChI is InChI=1S/C20H25NO4/c22-20(9-8-17-10-12-24-14-17)19-13-18(25-21-19)15-23-11-4-7-16-5-2-1-3-6-16/h1-3,5-6,13,17H,4,7-12,14-15H2. The largest absolute Gasteiger partial charge is 0.381 e. The highest BCUT2D eigenvalue weighted by Crippen LogP contribution is 2.19. The zero-order chi connectivity index (χ0) is 17.3. The molecule has 1 saturated heterocycles. The molecule has 1 aliphatic heterocycles. The number of nitrogens with zero attached hydrogens (tertiary/aromatic N) is 1. The molecule has 0 saturated carbocycles. The minimum Gasteiger partial charge on any atom is -0.381 e. The third-order valence-electron chi connectivity index (χ3n) is 4.49. The van der Waals surface area contributed by atoms with Crippen molar-refractivity contribution in [3.8, 4) is 0 Å². The number of carbonyl (C=O) groups is 1. The first-order valence-electron chi connectivity index (χ1n) is 8.99. The van der Waals surface area contributed by atoms with Gasteiger partial charge in [-0.25, -0.2) is 0 Å². The number of rotatable bonds is 10. The molecule has 1 aromatic heterocycles. The van der Waals surface area contributed by atoms with E-state index in [2.05, 4.69) is 17.3 Å². The number of aromatic nitrogens is 1. The van der Waals surface area contributed by atoms with E-state index in [-0.39, 0.29) is 5.78 Å². The maximum Gasteiger partial charge on any atom is 0.184 e. The first-order valence-corrected chi connectivity index (χ1v) is 8.99. The van der Waals surface area contributed by atoms with E-state index in [0.29, 0.717) is 37.0 Å². The van der Waals surface area contributed by atoms with Crippen LogP contribution in [-0.2, 0) is 22.5 Å². The van der Waals surface area contributed by atoms with Crippen LogP contribution in [0.2, 0.25) is 0 Å². The summed E-state index contributed by atoms with van der Waals surface area (Å²) in [5, 5.41) is 3.87. The summed E-state index contributed by atoms with van der Waals surface area (Å²) in [5.74, 6) is 1.14. The number of ketones is 1. The van der Waals surface area contributed by atoms with Crippen molar-refractivity contribution in [3.63, 3.8) is 0 Å². The lowest BCUT2D eigenvalue weighted by Gasteiger charge is -2.04. The fourth-order valence-electron chi connectivity index (χ4n) is 2.98. The molecular formula is C20H25NO4. The van der Waals surface area contributed by atoms with Gasteiger partial charge in [0.05, 0.1) is 0 Å². The quantitative estimate of drug-likeness (QED) is 0.485. The molecule has 0 amide bonds. The number of benzene rings is 1. The van der Waals surface area contributed by atoms with Crippen molar-refractivity contribution < 1.29 is 18.8 Å². The Morgan fingerprint density at radius 1 is 1.28 bits per heavy atom. The molecule has 2 aromatic rings. The van der Waals surface area contributed by atoms with Gasteiger partial charge in [-0.3, -0.25) is 4.79 Å². The van der Waals surface area contributed by atoms with Crippen LogP contribution >= 0.6 is 0 Å². The highest BCUT2D eigenvalue weighted by molar-refractivity contribution is 5.94. The Balaban J connectivity index is 1.33. The fourth-order valence-corrected chi connectivity index (χ4v) is 2.98. The normalized spacial score (nSPS) is 17.0. The second-order valence-corrected chi connectivity index (χ2v) is 6.51. The van der Waals surface area contributed by atoms with E-state index in [1.165, 1.54) is 5.56 Å². The van der Waals surface area contributed by atoms with E-state index < -0.39 is 0 Å². The molecule has 0 spiro atoms. The molecule has 1 unspecified atom stereocenters. The summed E-state index contributed by atoms with van der Waals surface area (Å²) in [4.78, 5) is 12.1. The highest BCUT2D eigenvalue weighted by Gasteiger charge is 2.19. The van der Waals surface area contributed by atoms with Crippen LogP contribution in [0.3, 0.4) is 0 Å². The number of carbonyl (C=O) groups excluding carboxylic acids is 1. The highest BCUT2D eigenvalue weighted by atomic mass is 16.5. The van der Waals surface area contributed by atoms with Crippen LogP contribution in [0.4, 0.5) is 0 Å². The lowest BCUT2D eigenvalue weighted by molar-refractivity contribution is 0.0951. The molecule has 1 aliphatic rings. The molecule has 5 nitrogen and oxygen atoms in total. The van der Waals surface area contributed by atoms with E-state index in [9.17, 15) is 4.79 Å². The van der Waals surface area contributed by atoms with Gasteiger partial charge in [0.25, 0.3) is 0 Å². The third kappa shape index (κ3) is 5.80. The van der Waals surface area contributed by atoms with E-state index >= 15 is 0 Å². The maximum absolute atomic E-state index is 12.1. The molecule has 134 valence electrons. The van der Waals surface area contributed by atoms with E-state index in [1.54, 1.807) is 6.07 Å². The van der Waals surface area contributed by atoms with Crippen molar-refractivity contribution in [1.82, 2.24) is 5.16 Å². The van der Waals surface area contributed by atoms with Crippen LogP contribution < -0.4 is 0 Å². The summed E-state index contributed by atoms with van der Waals surface area (Å²) in [5.41, 5.74) is 1.72. The molecule has 0 radical (unpaired) electrons. The first-order chi connectivity index (χ1) is 12.3. The van der Waals surface area contributed by atoms with E-state index in [1.807, 2.05) is 18.2 Å². The summed E-state index contributed by atoms with van der Waals surface area (Å²) < 4.78 is 16.1. The van der Waals surface area contributed by atoms with Crippen molar-refractivity contribution in [2.75, 3.05) is 19.8 Å². The van der Waals surface area contributed by atoms with Gasteiger partial charge in [-0.2, -0.15) is 0 Å². The van der Waals surface area contributed by atoms with Crippen molar-refractivity contribution in [1.29, 1.82) is 0 Å². The molecule has 0 bridgehead atoms. The maximum atomic E-state index is 12.1. The number of aryl methyl sites for hydroxylation is 1. The van der Waals surface area contributed by atoms with Crippen LogP contribution in [0.5, 0.6) is 0 Å². The lowest BCUT2D eigenvalue weighted by atomic mass is 10.00. The Kier molecular flexibility index (Phi) is 6.77. The summed E-state index contributed by atoms with van der Waals surface area (Å²) in [6.07, 6.45) is 4.35. The summed E-state index contributed by atoms with van der Waals surface area (Å²) in [6.45, 7) is 2.59. The van der Waals surface area contributed by atoms with E-state index in [0.717, 1.165) is 38.9 Å². The molecule has 1 fully saturated rings. The molecule has 25 heavy (non-hydrogen) atoms. The van der Waals surface area contributed by atoms with Crippen LogP contribution in [0.1, 0.15) is 47.5 Å². The molecular weight excluding hydrogens is 318 g/mol. The van der Waals surface area contributed by atoms with Gasteiger partial charge in [-0.15, -0.1) is 0 Å². The predicted molar refractivity (Wildman–Crippen MR) is 93.4 cm³/mol. The lowest BCUT2D eigenvalue weighted by Crippen LogP contribution is -2.05. The second-order valence-electron chi connectivity index (χ2n) is 6.51. The minimum absolute atomic E-state index is 0.0333. The van der Waals surface area contributed by atoms with Gasteiger partial charge in [-0.05, 0) is 37.2 Å². The number of Topliss-reactive ketones (excluding diaryl/α,β-unsaturated/α-hetero) is 1. The first kappa shape index (κ1) is 17.8. The minimum atomic E-state index is 0.0333. The van der Waals surface area contributed by atoms with Gasteiger partial charge >= 0.3 is 0 Å². The summed E-state index contributed by atoms with van der Waals surface area (Å²) in [6, 6.07) is 12.0. The van der Waals surface area contributed by atoms with E-state index in [4.69, 9.17) is 14.0 Å². The van der Waals surface area contributed by atoms with Crippen molar-refractivity contribution >= 4 is 5.78 Å². The third-order valence-corrected chi connectivity index (χ3v) is 4.49. The Hall–Kier alpha value is -1.98. The smallest absolute Gasteiger partial charge is 0.184 e. The topological polar surface area (TPSA) is 61.6 Å². The molecule has 2 heterocycles. The van der Waals surface area contributed by atoms with Gasteiger partial charge in [0, 0.05) is 32.3 Å². The average molecular weight is 343 g/mol. The Morgan fingerprint density at radius 3 is 2.96 bits per heavy atom. The van der Waals surface area contributed by atoms with Crippen LogP contribution in [0.15, 0.2) is 40.9 Å². The van der Waals surface area contributed by atoms with Gasteiger partial charge in [0.15, 0.2) is 11.5 Å². The summed E-state index contributed by atoms with van der Waals surface area (Å²) >= 11 is 0. The molecule has 1 aromatic carbocycles. The molecule has 3 rings (SSSR count). The summed E-state index contributed by atoms with van der Waals surface area (Å²) in [7, 11) is 0. The van der Waals surface area contributed by atoms with Gasteiger partial charge < -0.3 is 14.0 Å². The molecule has 1 atom stereocenters. The van der Waals surface area contributed by atoms with Gasteiger partial charge in [-0.1, -0.05) is 35.5 Å². The molecule has 0 aliphatic carbocycles. The second kappa shape index (κ2) is 9.49.